The van der Waals surface area contributed by atoms with Crippen molar-refractivity contribution >= 4 is 34.0 Å². The van der Waals surface area contributed by atoms with E-state index in [0.29, 0.717) is 11.8 Å². The molecule has 0 saturated heterocycles. The summed E-state index contributed by atoms with van der Waals surface area (Å²) in [6.45, 7) is 9.99. The summed E-state index contributed by atoms with van der Waals surface area (Å²) in [4.78, 5) is 54.4. The van der Waals surface area contributed by atoms with Gasteiger partial charge in [0.15, 0.2) is 16.3 Å². The van der Waals surface area contributed by atoms with Crippen molar-refractivity contribution in [3.63, 3.8) is 0 Å². The van der Waals surface area contributed by atoms with Crippen molar-refractivity contribution in [2.45, 2.75) is 130 Å². The molecule has 0 amide bonds. The third kappa shape index (κ3) is 9.24. The van der Waals surface area contributed by atoms with Gasteiger partial charge in [0.05, 0.1) is 34.9 Å². The summed E-state index contributed by atoms with van der Waals surface area (Å²) in [6.07, 6.45) is -0.612. The lowest BCUT2D eigenvalue weighted by atomic mass is 9.50. The number of carbonyl (C=O) groups is 4. The van der Waals surface area contributed by atoms with Crippen molar-refractivity contribution in [1.82, 2.24) is 0 Å². The van der Waals surface area contributed by atoms with Crippen molar-refractivity contribution < 1.29 is 69.4 Å². The molecule has 4 atom stereocenters. The number of carbonyl (C=O) groups excluding carboxylic acids is 3. The number of hydrogen-bond donors (Lipinski definition) is 1. The predicted molar refractivity (Wildman–Crippen MR) is 179 cm³/mol. The van der Waals surface area contributed by atoms with Crippen LogP contribution in [0.1, 0.15) is 113 Å². The summed E-state index contributed by atoms with van der Waals surface area (Å²) in [5.41, 5.74) is -7.15. The van der Waals surface area contributed by atoms with Crippen LogP contribution in [0.3, 0.4) is 0 Å². The molecule has 52 heavy (non-hydrogen) atoms. The number of esters is 3. The van der Waals surface area contributed by atoms with Gasteiger partial charge in [0.1, 0.15) is 12.2 Å². The van der Waals surface area contributed by atoms with E-state index in [1.54, 1.807) is 20.8 Å². The fourth-order valence-electron chi connectivity index (χ4n) is 9.31. The maximum absolute atomic E-state index is 14.7. The average molecular weight is 770 g/mol. The smallest absolute Gasteiger partial charge is 0.364 e. The molecule has 4 saturated carbocycles. The minimum absolute atomic E-state index is 0.0352. The highest BCUT2D eigenvalue weighted by atomic mass is 32.2. The fourth-order valence-corrected chi connectivity index (χ4v) is 9.74. The number of hydrogen-bond acceptors (Lipinski definition) is 11. The molecule has 0 heterocycles. The third-order valence-electron chi connectivity index (χ3n) is 12.1. The molecule has 0 aromatic carbocycles. The Labute approximate surface area is 305 Å². The second-order valence-corrected chi connectivity index (χ2v) is 18.6. The maximum Gasteiger partial charge on any atom is 0.364 e. The Hall–Kier alpha value is -2.46. The monoisotopic (exact) mass is 769 g/mol. The summed E-state index contributed by atoms with van der Waals surface area (Å²) < 4.78 is 95.4. The topological polar surface area (TPSA) is 183 Å². The molecular formula is C36H56F3O12S-. The summed E-state index contributed by atoms with van der Waals surface area (Å²) in [5.74, 6) is -2.30. The molecule has 0 aliphatic heterocycles. The van der Waals surface area contributed by atoms with Crippen molar-refractivity contribution in [2.75, 3.05) is 26.9 Å². The Morgan fingerprint density at radius 3 is 1.77 bits per heavy atom. The summed E-state index contributed by atoms with van der Waals surface area (Å²) >= 11 is 0. The molecule has 0 radical (unpaired) electrons. The van der Waals surface area contributed by atoms with Gasteiger partial charge in [-0.05, 0) is 123 Å². The molecule has 0 aromatic heterocycles. The zero-order valence-electron chi connectivity index (χ0n) is 31.6. The fraction of sp³-hybridized carbons (Fsp3) is 0.889. The summed E-state index contributed by atoms with van der Waals surface area (Å²) in [6, 6.07) is 0. The first-order valence-corrected chi connectivity index (χ1v) is 19.4. The standard InChI is InChI=1S/C36H57F3O12S/c1-9-32(4,29(43)50-13-12-48-8)20-34(6,30(44)51-35(7)24-15-22-14-23(17-24)18-25(35)16-22)21-33(5,27(40)41)19-31(2,3)28(42)49-11-10-26(37)36(38,39)52(45,46)47/h22-26H,9-21H2,1-8H3,(H,40,41)(H,45,46,47)/p-1. The predicted octanol–water partition coefficient (Wildman–Crippen LogP) is 6.05. The molecule has 300 valence electrons. The lowest BCUT2D eigenvalue weighted by molar-refractivity contribution is -0.215. The van der Waals surface area contributed by atoms with E-state index in [1.165, 1.54) is 34.3 Å². The second-order valence-electron chi connectivity index (χ2n) is 17.2. The van der Waals surface area contributed by atoms with Crippen LogP contribution >= 0.6 is 0 Å². The molecule has 4 aliphatic rings. The van der Waals surface area contributed by atoms with Crippen LogP contribution in [0.5, 0.6) is 0 Å². The first-order chi connectivity index (χ1) is 23.7. The van der Waals surface area contributed by atoms with Crippen LogP contribution in [0.15, 0.2) is 0 Å². The number of rotatable bonds is 20. The zero-order valence-corrected chi connectivity index (χ0v) is 32.4. The highest BCUT2D eigenvalue weighted by Crippen LogP contribution is 2.60. The van der Waals surface area contributed by atoms with Gasteiger partial charge in [0.2, 0.25) is 0 Å². The van der Waals surface area contributed by atoms with Gasteiger partial charge < -0.3 is 28.6 Å². The Morgan fingerprint density at radius 2 is 1.31 bits per heavy atom. The third-order valence-corrected chi connectivity index (χ3v) is 13.0. The van der Waals surface area contributed by atoms with Crippen molar-refractivity contribution in [3.8, 4) is 0 Å². The van der Waals surface area contributed by atoms with E-state index >= 15 is 0 Å². The van der Waals surface area contributed by atoms with Crippen molar-refractivity contribution in [3.05, 3.63) is 0 Å². The van der Waals surface area contributed by atoms with E-state index in [4.69, 9.17) is 18.9 Å². The molecule has 0 aromatic rings. The number of carboxylic acid groups (broad SMARTS) is 1. The lowest BCUT2D eigenvalue weighted by Crippen LogP contribution is -2.59. The van der Waals surface area contributed by atoms with Gasteiger partial charge in [-0.15, -0.1) is 0 Å². The van der Waals surface area contributed by atoms with E-state index in [1.807, 2.05) is 6.92 Å². The van der Waals surface area contributed by atoms with Gasteiger partial charge in [-0.25, -0.2) is 12.8 Å². The quantitative estimate of drug-likeness (QED) is 0.0656. The highest BCUT2D eigenvalue weighted by Gasteiger charge is 2.60. The van der Waals surface area contributed by atoms with Gasteiger partial charge in [-0.2, -0.15) is 8.78 Å². The van der Waals surface area contributed by atoms with Crippen LogP contribution < -0.4 is 0 Å². The number of carboxylic acids is 1. The minimum Gasteiger partial charge on any atom is -0.743 e. The van der Waals surface area contributed by atoms with Gasteiger partial charge in [-0.3, -0.25) is 19.2 Å². The first-order valence-electron chi connectivity index (χ1n) is 18.0. The average Bonchev–Trinajstić information content (AvgIpc) is 3.02. The van der Waals surface area contributed by atoms with E-state index < -0.39 is 92.1 Å². The molecule has 4 rings (SSSR count). The van der Waals surface area contributed by atoms with E-state index in [9.17, 15) is 50.4 Å². The molecule has 4 unspecified atom stereocenters. The highest BCUT2D eigenvalue weighted by molar-refractivity contribution is 7.86. The van der Waals surface area contributed by atoms with Crippen LogP contribution in [-0.2, 0) is 48.2 Å². The molecular weight excluding hydrogens is 713 g/mol. The molecule has 0 spiro atoms. The van der Waals surface area contributed by atoms with Crippen LogP contribution in [0, 0.1) is 45.3 Å². The normalized spacial score (nSPS) is 28.5. The summed E-state index contributed by atoms with van der Waals surface area (Å²) in [7, 11) is -4.87. The molecule has 4 aliphatic carbocycles. The molecule has 4 fully saturated rings. The number of methoxy groups -OCH3 is 1. The second kappa shape index (κ2) is 15.7. The maximum atomic E-state index is 14.7. The van der Waals surface area contributed by atoms with Gasteiger partial charge in [0.25, 0.3) is 0 Å². The van der Waals surface area contributed by atoms with Crippen LogP contribution in [-0.4, -0.2) is 85.9 Å². The Bertz CT molecular complexity index is 1420. The van der Waals surface area contributed by atoms with Gasteiger partial charge >= 0.3 is 29.1 Å². The van der Waals surface area contributed by atoms with Crippen LogP contribution in [0.25, 0.3) is 0 Å². The van der Waals surface area contributed by atoms with E-state index in [0.717, 1.165) is 25.7 Å². The first kappa shape index (κ1) is 43.9. The molecule has 12 nitrogen and oxygen atoms in total. The number of alkyl halides is 3. The zero-order chi connectivity index (χ0) is 39.7. The lowest BCUT2D eigenvalue weighted by Gasteiger charge is -2.59. The van der Waals surface area contributed by atoms with Crippen molar-refractivity contribution in [2.24, 2.45) is 45.3 Å². The number of aliphatic carboxylic acids is 1. The van der Waals surface area contributed by atoms with E-state index in [-0.39, 0.29) is 44.3 Å². The Balaban J connectivity index is 1.91. The number of ether oxygens (including phenoxy) is 4. The van der Waals surface area contributed by atoms with Gasteiger partial charge in [0, 0.05) is 13.5 Å². The van der Waals surface area contributed by atoms with Gasteiger partial charge in [-0.1, -0.05) is 6.92 Å². The van der Waals surface area contributed by atoms with Crippen LogP contribution in [0.4, 0.5) is 13.2 Å². The van der Waals surface area contributed by atoms with E-state index in [2.05, 4.69) is 0 Å². The van der Waals surface area contributed by atoms with Crippen molar-refractivity contribution in [1.29, 1.82) is 0 Å². The summed E-state index contributed by atoms with van der Waals surface area (Å²) in [5, 5.41) is 5.41. The Morgan fingerprint density at radius 1 is 0.808 bits per heavy atom. The largest absolute Gasteiger partial charge is 0.743 e. The molecule has 16 heteroatoms. The van der Waals surface area contributed by atoms with Crippen LogP contribution in [0.2, 0.25) is 0 Å². The Kier molecular flexibility index (Phi) is 13.3. The minimum atomic E-state index is -6.32. The SMILES string of the molecule is CCC(C)(CC(C)(CC(C)(CC(C)(C)C(=O)OCCC(F)C(F)(F)S(=O)(=O)[O-])C(=O)O)C(=O)OC1(C)C2CC3CC(C2)CC1C3)C(=O)OCCOC. The molecule has 4 bridgehead atoms. The molecule has 1 N–H and O–H groups in total. The number of halogens is 3.